The maximum atomic E-state index is 11.5. The minimum Gasteiger partial charge on any atom is -0.389 e. The zero-order chi connectivity index (χ0) is 11.4. The van der Waals surface area contributed by atoms with Crippen LogP contribution in [0.1, 0.15) is 13.8 Å². The lowest BCUT2D eigenvalue weighted by Crippen LogP contribution is -2.29. The van der Waals surface area contributed by atoms with E-state index < -0.39 is 15.4 Å². The SMILES string of the molecule is CSC(=CS(=O)(=O)CC(C)(C)O)SC. The van der Waals surface area contributed by atoms with Gasteiger partial charge in [-0.05, 0) is 26.4 Å². The number of aliphatic hydroxyl groups is 1. The van der Waals surface area contributed by atoms with Gasteiger partial charge in [0.05, 0.1) is 21.0 Å². The van der Waals surface area contributed by atoms with Gasteiger partial charge in [-0.2, -0.15) is 0 Å². The molecule has 0 saturated heterocycles. The molecule has 0 aliphatic rings. The lowest BCUT2D eigenvalue weighted by atomic mass is 10.2. The van der Waals surface area contributed by atoms with Crippen LogP contribution in [0, 0.1) is 0 Å². The predicted octanol–water partition coefficient (Wildman–Crippen LogP) is 1.70. The van der Waals surface area contributed by atoms with Crippen LogP contribution in [0.25, 0.3) is 0 Å². The van der Waals surface area contributed by atoms with Crippen LogP contribution in [0.4, 0.5) is 0 Å². The molecular formula is C8H16O3S3. The molecule has 0 spiro atoms. The summed E-state index contributed by atoms with van der Waals surface area (Å²) in [7, 11) is -3.32. The Labute approximate surface area is 94.3 Å². The molecule has 1 N–H and O–H groups in total. The van der Waals surface area contributed by atoms with Crippen molar-refractivity contribution in [3.05, 3.63) is 9.65 Å². The van der Waals surface area contributed by atoms with Crippen molar-refractivity contribution in [2.45, 2.75) is 19.4 Å². The Morgan fingerprint density at radius 2 is 1.79 bits per heavy atom. The second-order valence-corrected chi connectivity index (χ2v) is 7.27. The molecule has 0 atom stereocenters. The van der Waals surface area contributed by atoms with Crippen LogP contribution in [-0.4, -0.2) is 37.4 Å². The number of thioether (sulfide) groups is 2. The average molecular weight is 256 g/mol. The summed E-state index contributed by atoms with van der Waals surface area (Å²) in [5.41, 5.74) is -1.18. The van der Waals surface area contributed by atoms with Gasteiger partial charge in [0, 0.05) is 0 Å². The molecule has 0 unspecified atom stereocenters. The van der Waals surface area contributed by atoms with Gasteiger partial charge < -0.3 is 5.11 Å². The van der Waals surface area contributed by atoms with Gasteiger partial charge in [-0.25, -0.2) is 8.42 Å². The fraction of sp³-hybridized carbons (Fsp3) is 0.750. The standard InChI is InChI=1S/C8H16O3S3/c1-8(2,9)6-14(10,11)5-7(12-3)13-4/h5,9H,6H2,1-4H3. The monoisotopic (exact) mass is 256 g/mol. The summed E-state index contributed by atoms with van der Waals surface area (Å²) in [6.45, 7) is 2.96. The smallest absolute Gasteiger partial charge is 0.176 e. The topological polar surface area (TPSA) is 54.4 Å². The van der Waals surface area contributed by atoms with E-state index in [1.807, 2.05) is 12.5 Å². The molecule has 0 aromatic rings. The molecule has 14 heavy (non-hydrogen) atoms. The maximum Gasteiger partial charge on any atom is 0.176 e. The largest absolute Gasteiger partial charge is 0.389 e. The van der Waals surface area contributed by atoms with Gasteiger partial charge in [0.2, 0.25) is 0 Å². The fourth-order valence-corrected chi connectivity index (χ4v) is 4.54. The third-order valence-corrected chi connectivity index (χ3v) is 5.28. The molecule has 0 rings (SSSR count). The van der Waals surface area contributed by atoms with Crippen LogP contribution in [0.2, 0.25) is 0 Å². The van der Waals surface area contributed by atoms with E-state index in [4.69, 9.17) is 0 Å². The molecule has 0 aliphatic heterocycles. The average Bonchev–Trinajstić information content (AvgIpc) is 1.95. The molecule has 0 saturated carbocycles. The summed E-state index contributed by atoms with van der Waals surface area (Å²) >= 11 is 2.77. The summed E-state index contributed by atoms with van der Waals surface area (Å²) < 4.78 is 23.8. The third-order valence-electron chi connectivity index (χ3n) is 1.23. The first kappa shape index (κ1) is 14.3. The van der Waals surface area contributed by atoms with Crippen molar-refractivity contribution in [1.29, 1.82) is 0 Å². The summed E-state index contributed by atoms with van der Waals surface area (Å²) in [5.74, 6) is -0.245. The zero-order valence-electron chi connectivity index (χ0n) is 8.77. The van der Waals surface area contributed by atoms with E-state index >= 15 is 0 Å². The van der Waals surface area contributed by atoms with E-state index in [1.165, 1.54) is 42.8 Å². The van der Waals surface area contributed by atoms with Crippen LogP contribution in [0.5, 0.6) is 0 Å². The van der Waals surface area contributed by atoms with Crippen LogP contribution in [-0.2, 0) is 9.84 Å². The first-order valence-corrected chi connectivity index (χ1v) is 8.11. The second-order valence-electron chi connectivity index (χ2n) is 3.46. The highest BCUT2D eigenvalue weighted by Gasteiger charge is 2.22. The quantitative estimate of drug-likeness (QED) is 0.811. The highest BCUT2D eigenvalue weighted by Crippen LogP contribution is 2.25. The molecule has 0 aliphatic carbocycles. The van der Waals surface area contributed by atoms with Crippen molar-refractivity contribution < 1.29 is 13.5 Å². The maximum absolute atomic E-state index is 11.5. The summed E-state index contributed by atoms with van der Waals surface area (Å²) in [4.78, 5) is 0. The second kappa shape index (κ2) is 5.44. The molecule has 0 radical (unpaired) electrons. The van der Waals surface area contributed by atoms with E-state index in [1.54, 1.807) is 0 Å². The van der Waals surface area contributed by atoms with Gasteiger partial charge >= 0.3 is 0 Å². The first-order valence-electron chi connectivity index (χ1n) is 3.95. The van der Waals surface area contributed by atoms with Crippen LogP contribution >= 0.6 is 23.5 Å². The van der Waals surface area contributed by atoms with E-state index in [-0.39, 0.29) is 5.75 Å². The number of sulfone groups is 1. The number of hydrogen-bond donors (Lipinski definition) is 1. The third kappa shape index (κ3) is 6.75. The Hall–Kier alpha value is 0.350. The summed E-state index contributed by atoms with van der Waals surface area (Å²) in [6.07, 6.45) is 3.64. The highest BCUT2D eigenvalue weighted by molar-refractivity contribution is 8.22. The molecule has 0 heterocycles. The van der Waals surface area contributed by atoms with Gasteiger partial charge in [-0.3, -0.25) is 0 Å². The van der Waals surface area contributed by atoms with E-state index in [9.17, 15) is 13.5 Å². The fourth-order valence-electron chi connectivity index (χ4n) is 0.860. The zero-order valence-corrected chi connectivity index (χ0v) is 11.2. The minimum atomic E-state index is -3.32. The molecule has 6 heteroatoms. The van der Waals surface area contributed by atoms with Crippen molar-refractivity contribution >= 4 is 33.4 Å². The van der Waals surface area contributed by atoms with Crippen LogP contribution in [0.15, 0.2) is 9.65 Å². The Bertz CT molecular complexity index is 292. The predicted molar refractivity (Wildman–Crippen MR) is 65.2 cm³/mol. The number of hydrogen-bond acceptors (Lipinski definition) is 5. The molecule has 0 aromatic heterocycles. The minimum absolute atomic E-state index is 0.245. The van der Waals surface area contributed by atoms with Gasteiger partial charge in [-0.1, -0.05) is 0 Å². The molecule has 84 valence electrons. The molecular weight excluding hydrogens is 240 g/mol. The Morgan fingerprint density at radius 1 is 1.36 bits per heavy atom. The van der Waals surface area contributed by atoms with E-state index in [2.05, 4.69) is 0 Å². The van der Waals surface area contributed by atoms with Crippen molar-refractivity contribution in [3.8, 4) is 0 Å². The first-order chi connectivity index (χ1) is 6.20. The van der Waals surface area contributed by atoms with Crippen molar-refractivity contribution in [3.63, 3.8) is 0 Å². The lowest BCUT2D eigenvalue weighted by molar-refractivity contribution is 0.105. The summed E-state index contributed by atoms with van der Waals surface area (Å²) in [6, 6.07) is 0. The Morgan fingerprint density at radius 3 is 2.07 bits per heavy atom. The molecule has 3 nitrogen and oxygen atoms in total. The summed E-state index contributed by atoms with van der Waals surface area (Å²) in [5, 5.41) is 10.6. The molecule has 0 bridgehead atoms. The van der Waals surface area contributed by atoms with Gasteiger partial charge in [0.15, 0.2) is 9.84 Å². The highest BCUT2D eigenvalue weighted by atomic mass is 32.2. The van der Waals surface area contributed by atoms with Crippen molar-refractivity contribution in [2.24, 2.45) is 0 Å². The molecule has 0 aromatic carbocycles. The van der Waals surface area contributed by atoms with Gasteiger partial charge in [-0.15, -0.1) is 23.5 Å². The normalized spacial score (nSPS) is 12.6. The van der Waals surface area contributed by atoms with Crippen molar-refractivity contribution in [2.75, 3.05) is 18.3 Å². The van der Waals surface area contributed by atoms with Crippen LogP contribution in [0.3, 0.4) is 0 Å². The van der Waals surface area contributed by atoms with E-state index in [0.29, 0.717) is 0 Å². The van der Waals surface area contributed by atoms with E-state index in [0.717, 1.165) is 4.24 Å². The van der Waals surface area contributed by atoms with Gasteiger partial charge in [0.25, 0.3) is 0 Å². The molecule has 0 amide bonds. The number of rotatable bonds is 5. The van der Waals surface area contributed by atoms with Crippen LogP contribution < -0.4 is 0 Å². The van der Waals surface area contributed by atoms with Crippen molar-refractivity contribution in [1.82, 2.24) is 0 Å². The molecule has 0 fully saturated rings. The lowest BCUT2D eigenvalue weighted by Gasteiger charge is -2.15. The van der Waals surface area contributed by atoms with Gasteiger partial charge in [0.1, 0.15) is 0 Å². The Kier molecular flexibility index (Phi) is 5.57. The Balaban J connectivity index is 4.74.